The zero-order chi connectivity index (χ0) is 25.9. The largest absolute Gasteiger partial charge is 0.444 e. The van der Waals surface area contributed by atoms with Crippen LogP contribution in [0.1, 0.15) is 26.3 Å². The van der Waals surface area contributed by atoms with Crippen molar-refractivity contribution in [3.05, 3.63) is 78.1 Å². The molecule has 2 amide bonds. The molecule has 0 fully saturated rings. The maximum absolute atomic E-state index is 13.0. The summed E-state index contributed by atoms with van der Waals surface area (Å²) in [5, 5.41) is 5.32. The number of ether oxygens (including phenoxy) is 1. The van der Waals surface area contributed by atoms with E-state index in [4.69, 9.17) is 4.74 Å². The maximum Gasteiger partial charge on any atom is 0.412 e. The van der Waals surface area contributed by atoms with Gasteiger partial charge in [0.2, 0.25) is 5.91 Å². The van der Waals surface area contributed by atoms with Crippen LogP contribution in [-0.2, 0) is 19.6 Å². The van der Waals surface area contributed by atoms with E-state index < -0.39 is 27.6 Å². The summed E-state index contributed by atoms with van der Waals surface area (Å²) < 4.78 is 33.1. The van der Waals surface area contributed by atoms with Crippen molar-refractivity contribution in [1.29, 1.82) is 0 Å². The van der Waals surface area contributed by atoms with Crippen molar-refractivity contribution in [2.75, 3.05) is 10.6 Å². The van der Waals surface area contributed by atoms with Crippen LogP contribution in [0.4, 0.5) is 16.2 Å². The third-order valence-electron chi connectivity index (χ3n) is 4.82. The fourth-order valence-electron chi connectivity index (χ4n) is 3.22. The summed E-state index contributed by atoms with van der Waals surface area (Å²) in [7, 11) is -3.80. The van der Waals surface area contributed by atoms with Crippen LogP contribution >= 0.6 is 11.3 Å². The summed E-state index contributed by atoms with van der Waals surface area (Å²) in [5.41, 5.74) is 3.02. The lowest BCUT2D eigenvalue weighted by atomic mass is 10.2. The third-order valence-corrected chi connectivity index (χ3v) is 7.24. The third kappa shape index (κ3) is 5.99. The van der Waals surface area contributed by atoms with Gasteiger partial charge in [0.05, 0.1) is 32.0 Å². The van der Waals surface area contributed by atoms with Gasteiger partial charge >= 0.3 is 6.09 Å². The van der Waals surface area contributed by atoms with Crippen LogP contribution in [0.5, 0.6) is 0 Å². The van der Waals surface area contributed by atoms with E-state index in [0.29, 0.717) is 16.9 Å². The van der Waals surface area contributed by atoms with E-state index in [0.717, 1.165) is 14.2 Å². The molecule has 0 spiro atoms. The molecule has 2 aromatic heterocycles. The summed E-state index contributed by atoms with van der Waals surface area (Å²) in [4.78, 5) is 28.9. The Hall–Kier alpha value is -3.96. The Kier molecular flexibility index (Phi) is 6.95. The number of benzene rings is 2. The van der Waals surface area contributed by atoms with Gasteiger partial charge in [0, 0.05) is 18.5 Å². The molecule has 0 aliphatic heterocycles. The highest BCUT2D eigenvalue weighted by atomic mass is 32.2. The standard InChI is InChI=1S/C25H24N4O5S2/c1-25(2,3)34-24(31)28-20-7-5-4-6-19(20)27-23(30)11-8-17-12-13-29(15-17)36(32,33)18-9-10-21-22(14-18)35-16-26-21/h4-16H,1-3H3,(H,27,30)(H,28,31)/b11-8+. The van der Waals surface area contributed by atoms with Crippen LogP contribution < -0.4 is 10.6 Å². The lowest BCUT2D eigenvalue weighted by Gasteiger charge is -2.20. The molecular weight excluding hydrogens is 500 g/mol. The molecule has 0 aliphatic carbocycles. The first-order chi connectivity index (χ1) is 17.0. The van der Waals surface area contributed by atoms with Crippen molar-refractivity contribution in [3.8, 4) is 0 Å². The van der Waals surface area contributed by atoms with Crippen LogP contribution in [0, 0.1) is 0 Å². The summed E-state index contributed by atoms with van der Waals surface area (Å²) >= 11 is 1.37. The van der Waals surface area contributed by atoms with Gasteiger partial charge in [0.1, 0.15) is 5.60 Å². The van der Waals surface area contributed by atoms with Crippen molar-refractivity contribution in [3.63, 3.8) is 0 Å². The predicted molar refractivity (Wildman–Crippen MR) is 141 cm³/mol. The smallest absolute Gasteiger partial charge is 0.412 e. The van der Waals surface area contributed by atoms with Crippen molar-refractivity contribution < 1.29 is 22.7 Å². The number of anilines is 2. The Labute approximate surface area is 212 Å². The molecule has 0 bridgehead atoms. The Morgan fingerprint density at radius 3 is 2.50 bits per heavy atom. The van der Waals surface area contributed by atoms with Crippen LogP contribution in [0.3, 0.4) is 0 Å². The summed E-state index contributed by atoms with van der Waals surface area (Å²) in [5.74, 6) is -0.459. The minimum Gasteiger partial charge on any atom is -0.444 e. The van der Waals surface area contributed by atoms with Gasteiger partial charge in [-0.05, 0) is 68.8 Å². The number of para-hydroxylation sites is 2. The number of nitrogens with one attached hydrogen (secondary N) is 2. The van der Waals surface area contributed by atoms with Crippen LogP contribution in [0.2, 0.25) is 0 Å². The topological polar surface area (TPSA) is 119 Å². The number of carbonyl (C=O) groups is 2. The normalized spacial score (nSPS) is 12.1. The van der Waals surface area contributed by atoms with E-state index in [1.54, 1.807) is 68.7 Å². The van der Waals surface area contributed by atoms with E-state index in [-0.39, 0.29) is 4.90 Å². The minimum absolute atomic E-state index is 0.150. The zero-order valence-electron chi connectivity index (χ0n) is 19.8. The second-order valence-electron chi connectivity index (χ2n) is 8.76. The van der Waals surface area contributed by atoms with Gasteiger partial charge in [0.15, 0.2) is 0 Å². The molecule has 0 saturated heterocycles. The van der Waals surface area contributed by atoms with Gasteiger partial charge in [0.25, 0.3) is 10.0 Å². The minimum atomic E-state index is -3.80. The van der Waals surface area contributed by atoms with Gasteiger partial charge in [-0.25, -0.2) is 22.2 Å². The Bertz CT molecular complexity index is 1560. The first kappa shape index (κ1) is 25.1. The quantitative estimate of drug-likeness (QED) is 0.329. The van der Waals surface area contributed by atoms with Gasteiger partial charge in [-0.3, -0.25) is 10.1 Å². The highest BCUT2D eigenvalue weighted by Gasteiger charge is 2.19. The molecule has 4 rings (SSSR count). The summed E-state index contributed by atoms with van der Waals surface area (Å²) in [6.07, 6.45) is 4.98. The van der Waals surface area contributed by atoms with E-state index in [9.17, 15) is 18.0 Å². The van der Waals surface area contributed by atoms with Crippen LogP contribution in [-0.4, -0.2) is 35.0 Å². The second kappa shape index (κ2) is 9.96. The first-order valence-corrected chi connectivity index (χ1v) is 13.2. The molecule has 2 heterocycles. The summed E-state index contributed by atoms with van der Waals surface area (Å²) in [6.45, 7) is 5.26. The predicted octanol–water partition coefficient (Wildman–Crippen LogP) is 5.33. The number of aromatic nitrogens is 2. The molecule has 0 unspecified atom stereocenters. The first-order valence-electron chi connectivity index (χ1n) is 10.9. The molecule has 11 heteroatoms. The molecule has 9 nitrogen and oxygen atoms in total. The van der Waals surface area contributed by atoms with Gasteiger partial charge in [-0.2, -0.15) is 0 Å². The van der Waals surface area contributed by atoms with Crippen molar-refractivity contribution >= 4 is 61.0 Å². The molecule has 4 aromatic rings. The Balaban J connectivity index is 1.44. The lowest BCUT2D eigenvalue weighted by molar-refractivity contribution is -0.111. The van der Waals surface area contributed by atoms with E-state index in [1.165, 1.54) is 41.9 Å². The Morgan fingerprint density at radius 1 is 1.06 bits per heavy atom. The molecule has 0 radical (unpaired) electrons. The molecule has 2 aromatic carbocycles. The number of hydrogen-bond acceptors (Lipinski definition) is 7. The number of fused-ring (bicyclic) bond motifs is 1. The second-order valence-corrected chi connectivity index (χ2v) is 11.5. The van der Waals surface area contributed by atoms with E-state index in [1.807, 2.05) is 0 Å². The average molecular weight is 525 g/mol. The monoisotopic (exact) mass is 524 g/mol. The maximum atomic E-state index is 13.0. The number of amides is 2. The number of hydrogen-bond donors (Lipinski definition) is 2. The van der Waals surface area contributed by atoms with Gasteiger partial charge in [-0.15, -0.1) is 11.3 Å². The number of rotatable bonds is 6. The van der Waals surface area contributed by atoms with Gasteiger partial charge < -0.3 is 10.1 Å². The van der Waals surface area contributed by atoms with Crippen LogP contribution in [0.25, 0.3) is 16.3 Å². The molecule has 0 atom stereocenters. The lowest BCUT2D eigenvalue weighted by Crippen LogP contribution is -2.27. The van der Waals surface area contributed by atoms with E-state index >= 15 is 0 Å². The number of nitrogens with zero attached hydrogens (tertiary/aromatic N) is 2. The number of carbonyl (C=O) groups excluding carboxylic acids is 2. The molecular formula is C25H24N4O5S2. The van der Waals surface area contributed by atoms with Crippen LogP contribution in [0.15, 0.2) is 77.4 Å². The molecule has 36 heavy (non-hydrogen) atoms. The number of thiazole rings is 1. The fourth-order valence-corrected chi connectivity index (χ4v) is 5.24. The fraction of sp³-hybridized carbons (Fsp3) is 0.160. The Morgan fingerprint density at radius 2 is 1.78 bits per heavy atom. The van der Waals surface area contributed by atoms with Crippen molar-refractivity contribution in [1.82, 2.24) is 8.96 Å². The SMILES string of the molecule is CC(C)(C)OC(=O)Nc1ccccc1NC(=O)/C=C/c1ccn(S(=O)(=O)c2ccc3ncsc3c2)c1. The van der Waals surface area contributed by atoms with Gasteiger partial charge in [-0.1, -0.05) is 12.1 Å². The molecule has 186 valence electrons. The average Bonchev–Trinajstić information content (AvgIpc) is 3.47. The highest BCUT2D eigenvalue weighted by Crippen LogP contribution is 2.24. The van der Waals surface area contributed by atoms with E-state index in [2.05, 4.69) is 15.6 Å². The van der Waals surface area contributed by atoms with Crippen molar-refractivity contribution in [2.45, 2.75) is 31.3 Å². The van der Waals surface area contributed by atoms with Crippen molar-refractivity contribution in [2.24, 2.45) is 0 Å². The molecule has 0 saturated carbocycles. The highest BCUT2D eigenvalue weighted by molar-refractivity contribution is 7.90. The zero-order valence-corrected chi connectivity index (χ0v) is 21.4. The molecule has 0 aliphatic rings. The summed E-state index contributed by atoms with van der Waals surface area (Å²) in [6, 6.07) is 13.1. The molecule has 2 N–H and O–H groups in total.